The molecular weight excluding hydrogens is 419 g/mol. The third kappa shape index (κ3) is 5.48. The Kier molecular flexibility index (Phi) is 7.33. The van der Waals surface area contributed by atoms with E-state index in [0.717, 1.165) is 5.56 Å². The summed E-state index contributed by atoms with van der Waals surface area (Å²) in [6.45, 7) is 1.08. The van der Waals surface area contributed by atoms with E-state index in [-0.39, 0.29) is 11.7 Å². The molecule has 0 aliphatic heterocycles. The molecule has 3 aromatic rings. The van der Waals surface area contributed by atoms with Crippen LogP contribution in [0.4, 0.5) is 5.69 Å². The summed E-state index contributed by atoms with van der Waals surface area (Å²) in [6.07, 6.45) is 0. The van der Waals surface area contributed by atoms with Gasteiger partial charge in [-0.1, -0.05) is 35.0 Å². The van der Waals surface area contributed by atoms with E-state index in [4.69, 9.17) is 27.9 Å². The zero-order valence-corrected chi connectivity index (χ0v) is 17.4. The highest BCUT2D eigenvalue weighted by atomic mass is 35.5. The topological polar surface area (TPSA) is 69.0 Å². The van der Waals surface area contributed by atoms with Crippen LogP contribution >= 0.6 is 35.0 Å². The van der Waals surface area contributed by atoms with Crippen molar-refractivity contribution in [3.8, 4) is 11.4 Å². The normalized spacial score (nSPS) is 10.8. The van der Waals surface area contributed by atoms with Crippen molar-refractivity contribution >= 4 is 46.6 Å². The molecular formula is C19H18Cl2N4O2S. The van der Waals surface area contributed by atoms with Crippen molar-refractivity contribution in [3.63, 3.8) is 0 Å². The second-order valence-corrected chi connectivity index (χ2v) is 7.62. The fourth-order valence-electron chi connectivity index (χ4n) is 2.45. The van der Waals surface area contributed by atoms with Crippen LogP contribution in [-0.2, 0) is 16.1 Å². The van der Waals surface area contributed by atoms with E-state index in [0.29, 0.717) is 39.9 Å². The standard InChI is InChI=1S/C19H18Cl2N4O2S/c1-27-11-10-25-18(13-2-4-14(20)5-3-13)23-24-19(25)28-12-17(26)22-16-8-6-15(21)7-9-16/h2-9H,10-12H2,1H3,(H,22,26). The molecule has 1 N–H and O–H groups in total. The van der Waals surface area contributed by atoms with Gasteiger partial charge in [-0.15, -0.1) is 10.2 Å². The van der Waals surface area contributed by atoms with E-state index in [1.807, 2.05) is 16.7 Å². The molecule has 0 radical (unpaired) electrons. The first kappa shape index (κ1) is 20.7. The number of thioether (sulfide) groups is 1. The number of carbonyl (C=O) groups is 1. The number of hydrogen-bond acceptors (Lipinski definition) is 5. The first-order chi connectivity index (χ1) is 13.6. The second-order valence-electron chi connectivity index (χ2n) is 5.80. The van der Waals surface area contributed by atoms with E-state index in [1.54, 1.807) is 43.5 Å². The van der Waals surface area contributed by atoms with Crippen LogP contribution in [0.25, 0.3) is 11.4 Å². The molecule has 1 aromatic heterocycles. The lowest BCUT2D eigenvalue weighted by Gasteiger charge is -2.10. The van der Waals surface area contributed by atoms with E-state index >= 15 is 0 Å². The number of nitrogens with zero attached hydrogens (tertiary/aromatic N) is 3. The van der Waals surface area contributed by atoms with Gasteiger partial charge in [0.05, 0.1) is 18.9 Å². The molecule has 0 saturated heterocycles. The fourth-order valence-corrected chi connectivity index (χ4v) is 3.47. The highest BCUT2D eigenvalue weighted by Gasteiger charge is 2.15. The number of nitrogens with one attached hydrogen (secondary N) is 1. The monoisotopic (exact) mass is 436 g/mol. The number of methoxy groups -OCH3 is 1. The summed E-state index contributed by atoms with van der Waals surface area (Å²) in [4.78, 5) is 12.2. The van der Waals surface area contributed by atoms with Crippen LogP contribution in [0.5, 0.6) is 0 Å². The fraction of sp³-hybridized carbons (Fsp3) is 0.211. The van der Waals surface area contributed by atoms with Crippen molar-refractivity contribution < 1.29 is 9.53 Å². The molecule has 0 spiro atoms. The molecule has 0 fully saturated rings. The van der Waals surface area contributed by atoms with Crippen LogP contribution in [0, 0.1) is 0 Å². The Bertz CT molecular complexity index is 930. The van der Waals surface area contributed by atoms with Crippen molar-refractivity contribution in [1.29, 1.82) is 0 Å². The summed E-state index contributed by atoms with van der Waals surface area (Å²) in [7, 11) is 1.64. The lowest BCUT2D eigenvalue weighted by Crippen LogP contribution is -2.15. The van der Waals surface area contributed by atoms with Gasteiger partial charge in [0.25, 0.3) is 0 Å². The summed E-state index contributed by atoms with van der Waals surface area (Å²) < 4.78 is 7.14. The SMILES string of the molecule is COCCn1c(SCC(=O)Nc2ccc(Cl)cc2)nnc1-c1ccc(Cl)cc1. The zero-order chi connectivity index (χ0) is 19.9. The van der Waals surface area contributed by atoms with Gasteiger partial charge in [-0.25, -0.2) is 0 Å². The van der Waals surface area contributed by atoms with Crippen LogP contribution in [-0.4, -0.2) is 40.1 Å². The Hall–Kier alpha value is -2.06. The Morgan fingerprint density at radius 1 is 1.07 bits per heavy atom. The van der Waals surface area contributed by atoms with E-state index < -0.39 is 0 Å². The second kappa shape index (κ2) is 9.93. The minimum absolute atomic E-state index is 0.137. The Balaban J connectivity index is 1.71. The molecule has 0 aliphatic rings. The van der Waals surface area contributed by atoms with Crippen LogP contribution in [0.15, 0.2) is 53.7 Å². The van der Waals surface area contributed by atoms with Crippen molar-refractivity contribution in [2.45, 2.75) is 11.7 Å². The number of halogens is 2. The first-order valence-electron chi connectivity index (χ1n) is 8.43. The largest absolute Gasteiger partial charge is 0.383 e. The molecule has 28 heavy (non-hydrogen) atoms. The third-order valence-electron chi connectivity index (χ3n) is 3.80. The number of ether oxygens (including phenoxy) is 1. The van der Waals surface area contributed by atoms with Crippen LogP contribution in [0.2, 0.25) is 10.0 Å². The smallest absolute Gasteiger partial charge is 0.234 e. The van der Waals surface area contributed by atoms with Gasteiger partial charge in [-0.05, 0) is 48.5 Å². The maximum atomic E-state index is 12.2. The molecule has 1 amide bonds. The van der Waals surface area contributed by atoms with E-state index in [1.165, 1.54) is 11.8 Å². The van der Waals surface area contributed by atoms with Crippen LogP contribution in [0.3, 0.4) is 0 Å². The molecule has 3 rings (SSSR count). The summed E-state index contributed by atoms with van der Waals surface area (Å²) >= 11 is 13.1. The minimum Gasteiger partial charge on any atom is -0.383 e. The van der Waals surface area contributed by atoms with Crippen molar-refractivity contribution in [1.82, 2.24) is 14.8 Å². The van der Waals surface area contributed by atoms with Gasteiger partial charge in [0.1, 0.15) is 0 Å². The van der Waals surface area contributed by atoms with Crippen molar-refractivity contribution in [3.05, 3.63) is 58.6 Å². The van der Waals surface area contributed by atoms with Gasteiger partial charge in [0.2, 0.25) is 5.91 Å². The summed E-state index contributed by atoms with van der Waals surface area (Å²) in [5, 5.41) is 13.3. The van der Waals surface area contributed by atoms with Crippen LogP contribution < -0.4 is 5.32 Å². The molecule has 2 aromatic carbocycles. The lowest BCUT2D eigenvalue weighted by atomic mass is 10.2. The molecule has 0 unspecified atom stereocenters. The third-order valence-corrected chi connectivity index (χ3v) is 5.27. The molecule has 146 valence electrons. The number of rotatable bonds is 8. The van der Waals surface area contributed by atoms with E-state index in [9.17, 15) is 4.79 Å². The summed E-state index contributed by atoms with van der Waals surface area (Å²) in [5.41, 5.74) is 1.59. The summed E-state index contributed by atoms with van der Waals surface area (Å²) in [6, 6.07) is 14.3. The van der Waals surface area contributed by atoms with Crippen molar-refractivity contribution in [2.24, 2.45) is 0 Å². The predicted molar refractivity (Wildman–Crippen MR) is 113 cm³/mol. The maximum Gasteiger partial charge on any atom is 0.234 e. The number of hydrogen-bond donors (Lipinski definition) is 1. The number of anilines is 1. The van der Waals surface area contributed by atoms with Gasteiger partial charge in [0, 0.05) is 28.4 Å². The average Bonchev–Trinajstić information content (AvgIpc) is 3.10. The average molecular weight is 437 g/mol. The molecule has 1 heterocycles. The predicted octanol–water partition coefficient (Wildman–Crippen LogP) is 4.63. The molecule has 0 aliphatic carbocycles. The number of amides is 1. The van der Waals surface area contributed by atoms with Gasteiger partial charge in [0.15, 0.2) is 11.0 Å². The molecule has 0 atom stereocenters. The first-order valence-corrected chi connectivity index (χ1v) is 10.2. The highest BCUT2D eigenvalue weighted by molar-refractivity contribution is 7.99. The molecule has 0 bridgehead atoms. The van der Waals surface area contributed by atoms with Gasteiger partial charge in [-0.3, -0.25) is 9.36 Å². The number of aromatic nitrogens is 3. The Labute approximate surface area is 177 Å². The molecule has 9 heteroatoms. The maximum absolute atomic E-state index is 12.2. The molecule has 6 nitrogen and oxygen atoms in total. The molecule has 0 saturated carbocycles. The van der Waals surface area contributed by atoms with Gasteiger partial charge in [-0.2, -0.15) is 0 Å². The lowest BCUT2D eigenvalue weighted by molar-refractivity contribution is -0.113. The van der Waals surface area contributed by atoms with Crippen LogP contribution in [0.1, 0.15) is 0 Å². The van der Waals surface area contributed by atoms with Gasteiger partial charge >= 0.3 is 0 Å². The Morgan fingerprint density at radius 2 is 1.71 bits per heavy atom. The van der Waals surface area contributed by atoms with Gasteiger partial charge < -0.3 is 10.1 Å². The number of benzene rings is 2. The quantitative estimate of drug-likeness (QED) is 0.521. The summed E-state index contributed by atoms with van der Waals surface area (Å²) in [5.74, 6) is 0.768. The van der Waals surface area contributed by atoms with E-state index in [2.05, 4.69) is 15.5 Å². The number of carbonyl (C=O) groups excluding carboxylic acids is 1. The zero-order valence-electron chi connectivity index (χ0n) is 15.1. The Morgan fingerprint density at radius 3 is 2.36 bits per heavy atom. The minimum atomic E-state index is -0.137. The highest BCUT2D eigenvalue weighted by Crippen LogP contribution is 2.25. The van der Waals surface area contributed by atoms with Crippen molar-refractivity contribution in [2.75, 3.05) is 24.8 Å².